The van der Waals surface area contributed by atoms with Gasteiger partial charge in [-0.1, -0.05) is 0 Å². The number of hydrogen-bond acceptors (Lipinski definition) is 4. The van der Waals surface area contributed by atoms with E-state index in [1.807, 2.05) is 0 Å². The van der Waals surface area contributed by atoms with Gasteiger partial charge in [0.05, 0.1) is 12.2 Å². The van der Waals surface area contributed by atoms with Crippen molar-refractivity contribution in [2.24, 2.45) is 5.92 Å². The smallest absolute Gasteiger partial charge is 0.278 e. The van der Waals surface area contributed by atoms with Gasteiger partial charge in [-0.15, -0.1) is 0 Å². The van der Waals surface area contributed by atoms with Crippen LogP contribution < -0.4 is 5.32 Å². The van der Waals surface area contributed by atoms with E-state index in [0.29, 0.717) is 22.6 Å². The van der Waals surface area contributed by atoms with E-state index in [1.165, 1.54) is 25.1 Å². The van der Waals surface area contributed by atoms with Crippen molar-refractivity contribution in [3.8, 4) is 0 Å². The summed E-state index contributed by atoms with van der Waals surface area (Å²) < 4.78 is 18.0. The number of carbonyl (C=O) groups is 1. The number of nitrogens with one attached hydrogen (secondary N) is 1. The molecule has 0 radical (unpaired) electrons. The second-order valence-electron chi connectivity index (χ2n) is 7.04. The second-order valence-corrected chi connectivity index (χ2v) is 7.04. The summed E-state index contributed by atoms with van der Waals surface area (Å²) >= 11 is 0. The van der Waals surface area contributed by atoms with E-state index in [2.05, 4.69) is 15.2 Å². The van der Waals surface area contributed by atoms with Crippen LogP contribution in [0.25, 0.3) is 11.0 Å². The van der Waals surface area contributed by atoms with Gasteiger partial charge >= 0.3 is 0 Å². The van der Waals surface area contributed by atoms with Gasteiger partial charge < -0.3 is 9.73 Å². The maximum Gasteiger partial charge on any atom is 0.278 e. The molecule has 0 aromatic carbocycles. The topological polar surface area (TPSA) is 58.4 Å². The fraction of sp³-hybridized carbons (Fsp3) is 0.529. The molecular weight excluding hydrogens is 297 g/mol. The van der Waals surface area contributed by atoms with Crippen LogP contribution >= 0.6 is 0 Å². The van der Waals surface area contributed by atoms with Crippen LogP contribution in [0.5, 0.6) is 0 Å². The van der Waals surface area contributed by atoms with E-state index in [4.69, 9.17) is 4.42 Å². The molecule has 1 unspecified atom stereocenters. The summed E-state index contributed by atoms with van der Waals surface area (Å²) in [4.78, 5) is 19.3. The Morgan fingerprint density at radius 2 is 2.13 bits per heavy atom. The summed E-state index contributed by atoms with van der Waals surface area (Å²) in [6.07, 6.45) is 6.08. The van der Waals surface area contributed by atoms with Crippen molar-refractivity contribution >= 4 is 16.9 Å². The van der Waals surface area contributed by atoms with E-state index in [1.54, 1.807) is 6.07 Å². The Kier molecular flexibility index (Phi) is 2.66. The molecule has 2 aromatic heterocycles. The average molecular weight is 315 g/mol. The van der Waals surface area contributed by atoms with Gasteiger partial charge in [0.1, 0.15) is 5.69 Å². The third kappa shape index (κ3) is 1.94. The van der Waals surface area contributed by atoms with Crippen LogP contribution in [0.2, 0.25) is 0 Å². The summed E-state index contributed by atoms with van der Waals surface area (Å²) in [6.45, 7) is 2.32. The highest BCUT2D eigenvalue weighted by Gasteiger charge is 2.60. The molecule has 5 heterocycles. The molecule has 5 nitrogen and oxygen atoms in total. The Balaban J connectivity index is 1.42. The van der Waals surface area contributed by atoms with Gasteiger partial charge in [-0.05, 0) is 50.8 Å². The highest BCUT2D eigenvalue weighted by molar-refractivity contribution is 5.95. The van der Waals surface area contributed by atoms with Gasteiger partial charge in [0.15, 0.2) is 5.58 Å². The van der Waals surface area contributed by atoms with Crippen molar-refractivity contribution < 1.29 is 13.6 Å². The number of nitrogens with zero attached hydrogens (tertiary/aromatic N) is 2. The van der Waals surface area contributed by atoms with Crippen molar-refractivity contribution in [2.75, 3.05) is 13.1 Å². The normalized spacial score (nSPS) is 30.7. The molecule has 2 bridgehead atoms. The molecule has 2 aromatic rings. The second kappa shape index (κ2) is 4.54. The molecule has 6 rings (SSSR count). The minimum absolute atomic E-state index is 0.168. The highest BCUT2D eigenvalue weighted by Crippen LogP contribution is 2.53. The zero-order chi connectivity index (χ0) is 15.6. The summed E-state index contributed by atoms with van der Waals surface area (Å²) in [5.41, 5.74) is 0.883. The summed E-state index contributed by atoms with van der Waals surface area (Å²) in [5, 5.41) is 3.79. The zero-order valence-corrected chi connectivity index (χ0v) is 12.7. The van der Waals surface area contributed by atoms with Crippen LogP contribution in [-0.4, -0.2) is 40.5 Å². The van der Waals surface area contributed by atoms with Crippen LogP contribution in [-0.2, 0) is 0 Å². The first-order chi connectivity index (χ1) is 11.2. The average Bonchev–Trinajstić information content (AvgIpc) is 3.24. The van der Waals surface area contributed by atoms with E-state index >= 15 is 0 Å². The lowest BCUT2D eigenvalue weighted by Gasteiger charge is -2.52. The Hall–Kier alpha value is -1.95. The maximum absolute atomic E-state index is 13.1. The molecule has 1 spiro atoms. The lowest BCUT2D eigenvalue weighted by molar-refractivity contribution is -0.00152. The molecule has 1 amide bonds. The molecular formula is C17H18FN3O2. The highest BCUT2D eigenvalue weighted by atomic mass is 19.1. The monoisotopic (exact) mass is 315 g/mol. The number of furan rings is 1. The standard InChI is InChI=1S/C17H18FN3O2/c18-14-8-11-7-12(19-9-13(11)23-14)16(22)20-15-10-1-5-21(6-2-10)17(15)3-4-17/h7-10,15H,1-6H2,(H,20,22). The molecule has 23 heavy (non-hydrogen) atoms. The summed E-state index contributed by atoms with van der Waals surface area (Å²) in [5.74, 6) is 0.403. The summed E-state index contributed by atoms with van der Waals surface area (Å²) in [7, 11) is 0. The number of hydrogen-bond donors (Lipinski definition) is 1. The molecule has 3 saturated heterocycles. The number of pyridine rings is 1. The van der Waals surface area contributed by atoms with Gasteiger partial charge in [0.2, 0.25) is 0 Å². The molecule has 6 heteroatoms. The first-order valence-electron chi connectivity index (χ1n) is 8.27. The minimum Gasteiger partial charge on any atom is -0.429 e. The molecule has 1 aliphatic carbocycles. The van der Waals surface area contributed by atoms with Crippen molar-refractivity contribution in [2.45, 2.75) is 37.3 Å². The van der Waals surface area contributed by atoms with Crippen molar-refractivity contribution in [1.82, 2.24) is 15.2 Å². The number of aromatic nitrogens is 1. The largest absolute Gasteiger partial charge is 0.429 e. The maximum atomic E-state index is 13.1. The van der Waals surface area contributed by atoms with Gasteiger partial charge in [-0.2, -0.15) is 4.39 Å². The molecule has 4 fully saturated rings. The minimum atomic E-state index is -0.659. The number of rotatable bonds is 2. The van der Waals surface area contributed by atoms with Crippen LogP contribution in [0.4, 0.5) is 4.39 Å². The number of fused-ring (bicyclic) bond motifs is 3. The van der Waals surface area contributed by atoms with Crippen LogP contribution in [0.15, 0.2) is 22.7 Å². The van der Waals surface area contributed by atoms with E-state index in [0.717, 1.165) is 25.9 Å². The Morgan fingerprint density at radius 1 is 1.35 bits per heavy atom. The Morgan fingerprint density at radius 3 is 2.87 bits per heavy atom. The Bertz CT molecular complexity index is 790. The molecule has 3 aliphatic heterocycles. The van der Waals surface area contributed by atoms with E-state index in [-0.39, 0.29) is 17.5 Å². The predicted molar refractivity (Wildman–Crippen MR) is 81.5 cm³/mol. The first-order valence-corrected chi connectivity index (χ1v) is 8.27. The van der Waals surface area contributed by atoms with E-state index in [9.17, 15) is 9.18 Å². The fourth-order valence-corrected chi connectivity index (χ4v) is 4.57. The van der Waals surface area contributed by atoms with Crippen molar-refractivity contribution in [1.29, 1.82) is 0 Å². The molecule has 1 atom stereocenters. The Labute approximate surface area is 132 Å². The first kappa shape index (κ1) is 13.5. The number of amides is 1. The van der Waals surface area contributed by atoms with Crippen LogP contribution in [0.3, 0.4) is 0 Å². The zero-order valence-electron chi connectivity index (χ0n) is 12.7. The quantitative estimate of drug-likeness (QED) is 0.924. The van der Waals surface area contributed by atoms with Gasteiger partial charge in [-0.3, -0.25) is 9.69 Å². The molecule has 1 saturated carbocycles. The third-order valence-electron chi connectivity index (χ3n) is 5.88. The van der Waals surface area contributed by atoms with Gasteiger partial charge in [0.25, 0.3) is 11.9 Å². The molecule has 1 N–H and O–H groups in total. The van der Waals surface area contributed by atoms with Crippen LogP contribution in [0, 0.1) is 11.9 Å². The van der Waals surface area contributed by atoms with Gasteiger partial charge in [-0.25, -0.2) is 4.98 Å². The number of carbonyl (C=O) groups excluding carboxylic acids is 1. The SMILES string of the molecule is O=C(NC1C2CCN(CC2)C12CC2)c1cc2cc(F)oc2cn1. The molecule has 4 aliphatic rings. The lowest BCUT2D eigenvalue weighted by atomic mass is 9.77. The van der Waals surface area contributed by atoms with Crippen LogP contribution in [0.1, 0.15) is 36.2 Å². The van der Waals surface area contributed by atoms with E-state index < -0.39 is 6.01 Å². The lowest BCUT2D eigenvalue weighted by Crippen LogP contribution is -2.65. The number of halogens is 1. The van der Waals surface area contributed by atoms with Crippen molar-refractivity contribution in [3.05, 3.63) is 30.0 Å². The third-order valence-corrected chi connectivity index (χ3v) is 5.88. The summed E-state index contributed by atoms with van der Waals surface area (Å²) in [6, 6.07) is 2.44. The number of piperidine rings is 3. The van der Waals surface area contributed by atoms with Gasteiger partial charge in [0, 0.05) is 17.0 Å². The van der Waals surface area contributed by atoms with Crippen molar-refractivity contribution in [3.63, 3.8) is 0 Å². The predicted octanol–water partition coefficient (Wildman–Crippen LogP) is 2.32. The fourth-order valence-electron chi connectivity index (χ4n) is 4.57. The molecule has 120 valence electrons.